The monoisotopic (exact) mass is 465 g/mol. The molecule has 1 aromatic carbocycles. The van der Waals surface area contributed by atoms with Crippen molar-refractivity contribution in [2.45, 2.75) is 67.0 Å². The first-order valence-electron chi connectivity index (χ1n) is 12.1. The van der Waals surface area contributed by atoms with Gasteiger partial charge >= 0.3 is 5.97 Å². The Labute approximate surface area is 200 Å². The molecule has 4 heterocycles. The zero-order valence-electron chi connectivity index (χ0n) is 21.0. The van der Waals surface area contributed by atoms with Crippen molar-refractivity contribution in [3.05, 3.63) is 51.8 Å². The summed E-state index contributed by atoms with van der Waals surface area (Å²) in [4.78, 5) is 24.3. The standard InChI is InChI=1S/C25H29N3O4.C2H6/c1-24(2,3)20-12-28-22(18-10-19(29)17(23(30)31)11-27(18)20)16-7-5-6-15(21(16)26-28)8-9-25(4)13-32-14-25;1-2/h5-7,10-11,20H,8-9,12-14H2,1-4H3,(H,30,31);1-2H3. The minimum atomic E-state index is -1.20. The van der Waals surface area contributed by atoms with E-state index >= 15 is 0 Å². The summed E-state index contributed by atoms with van der Waals surface area (Å²) in [6, 6.07) is 7.65. The number of hydrogen-bond donors (Lipinski definition) is 1. The number of ether oxygens (including phenoxy) is 1. The van der Waals surface area contributed by atoms with Gasteiger partial charge in [0.1, 0.15) is 5.56 Å². The van der Waals surface area contributed by atoms with Crippen molar-refractivity contribution in [2.24, 2.45) is 10.8 Å². The van der Waals surface area contributed by atoms with E-state index in [1.807, 2.05) is 35.2 Å². The van der Waals surface area contributed by atoms with Crippen LogP contribution in [0.3, 0.4) is 0 Å². The highest BCUT2D eigenvalue weighted by Crippen LogP contribution is 2.42. The third-order valence-corrected chi connectivity index (χ3v) is 6.99. The van der Waals surface area contributed by atoms with Crippen LogP contribution in [-0.4, -0.2) is 38.6 Å². The third-order valence-electron chi connectivity index (χ3n) is 6.99. The molecule has 1 N–H and O–H groups in total. The van der Waals surface area contributed by atoms with Gasteiger partial charge in [0.25, 0.3) is 0 Å². The summed E-state index contributed by atoms with van der Waals surface area (Å²) in [6.45, 7) is 14.9. The Morgan fingerprint density at radius 1 is 1.26 bits per heavy atom. The number of rotatable bonds is 4. The van der Waals surface area contributed by atoms with Crippen LogP contribution in [0.25, 0.3) is 22.3 Å². The summed E-state index contributed by atoms with van der Waals surface area (Å²) in [5, 5.41) is 15.5. The van der Waals surface area contributed by atoms with Crippen molar-refractivity contribution >= 4 is 16.9 Å². The Kier molecular flexibility index (Phi) is 6.19. The minimum Gasteiger partial charge on any atom is -0.477 e. The van der Waals surface area contributed by atoms with Gasteiger partial charge in [0, 0.05) is 23.1 Å². The summed E-state index contributed by atoms with van der Waals surface area (Å²) < 4.78 is 9.39. The van der Waals surface area contributed by atoms with Gasteiger partial charge in [-0.25, -0.2) is 4.79 Å². The van der Waals surface area contributed by atoms with Crippen LogP contribution in [-0.2, 0) is 17.7 Å². The van der Waals surface area contributed by atoms with Crippen molar-refractivity contribution in [1.29, 1.82) is 0 Å². The van der Waals surface area contributed by atoms with Gasteiger partial charge in [-0.3, -0.25) is 9.48 Å². The number of benzene rings is 1. The summed E-state index contributed by atoms with van der Waals surface area (Å²) in [7, 11) is 0. The number of carboxylic acids is 1. The molecule has 0 saturated carbocycles. The SMILES string of the molecule is CC.CC1(CCc2cccc3c4n(nc23)CC(C(C)(C)C)n2cc(C(=O)O)c(=O)cc2-4)COC1. The molecule has 34 heavy (non-hydrogen) atoms. The quantitative estimate of drug-likeness (QED) is 0.575. The number of fused-ring (bicyclic) bond motifs is 5. The average molecular weight is 466 g/mol. The summed E-state index contributed by atoms with van der Waals surface area (Å²) in [6.07, 6.45) is 3.47. The van der Waals surface area contributed by atoms with Gasteiger partial charge < -0.3 is 14.4 Å². The van der Waals surface area contributed by atoms with Crippen LogP contribution in [0.2, 0.25) is 0 Å². The second-order valence-electron chi connectivity index (χ2n) is 10.7. The predicted molar refractivity (Wildman–Crippen MR) is 133 cm³/mol. The summed E-state index contributed by atoms with van der Waals surface area (Å²) in [5.41, 5.74) is 3.16. The number of carbonyl (C=O) groups is 1. The normalized spacial score (nSPS) is 18.4. The molecule has 0 amide bonds. The molecule has 0 spiro atoms. The van der Waals surface area contributed by atoms with Gasteiger partial charge in [-0.05, 0) is 23.8 Å². The fraction of sp³-hybridized carbons (Fsp3) is 0.519. The summed E-state index contributed by atoms with van der Waals surface area (Å²) >= 11 is 0. The van der Waals surface area contributed by atoms with Crippen LogP contribution < -0.4 is 5.43 Å². The Balaban J connectivity index is 0.00000133. The van der Waals surface area contributed by atoms with Crippen LogP contribution in [0.1, 0.15) is 69.9 Å². The Bertz CT molecular complexity index is 1290. The Hall–Kier alpha value is -2.93. The first-order chi connectivity index (χ1) is 16.1. The fourth-order valence-electron chi connectivity index (χ4n) is 4.95. The Morgan fingerprint density at radius 3 is 2.56 bits per heavy atom. The largest absolute Gasteiger partial charge is 0.477 e. The maximum absolute atomic E-state index is 12.6. The molecule has 5 rings (SSSR count). The van der Waals surface area contributed by atoms with Crippen molar-refractivity contribution < 1.29 is 14.6 Å². The zero-order valence-corrected chi connectivity index (χ0v) is 21.0. The molecule has 0 bridgehead atoms. The van der Waals surface area contributed by atoms with Crippen LogP contribution in [0, 0.1) is 10.8 Å². The number of aromatic carboxylic acids is 1. The third kappa shape index (κ3) is 4.06. The van der Waals surface area contributed by atoms with Crippen molar-refractivity contribution in [3.63, 3.8) is 0 Å². The molecule has 182 valence electrons. The van der Waals surface area contributed by atoms with Crippen LogP contribution in [0.4, 0.5) is 0 Å². The van der Waals surface area contributed by atoms with E-state index in [0.717, 1.165) is 48.3 Å². The maximum atomic E-state index is 12.6. The van der Waals surface area contributed by atoms with Crippen LogP contribution in [0.5, 0.6) is 0 Å². The van der Waals surface area contributed by atoms with Crippen molar-refractivity contribution in [3.8, 4) is 11.4 Å². The van der Waals surface area contributed by atoms with E-state index in [0.29, 0.717) is 6.54 Å². The van der Waals surface area contributed by atoms with Gasteiger partial charge in [0.2, 0.25) is 0 Å². The first kappa shape index (κ1) is 24.2. The lowest BCUT2D eigenvalue weighted by molar-refractivity contribution is -0.105. The number of aromatic nitrogens is 3. The molecule has 7 heteroatoms. The highest BCUT2D eigenvalue weighted by atomic mass is 16.5. The number of pyridine rings is 1. The number of hydrogen-bond acceptors (Lipinski definition) is 4. The molecule has 1 fully saturated rings. The lowest BCUT2D eigenvalue weighted by Gasteiger charge is -2.38. The second kappa shape index (κ2) is 8.69. The molecule has 7 nitrogen and oxygen atoms in total. The van der Waals surface area contributed by atoms with E-state index < -0.39 is 11.4 Å². The molecular formula is C27H35N3O4. The number of nitrogens with zero attached hydrogens (tertiary/aromatic N) is 3. The van der Waals surface area contributed by atoms with Gasteiger partial charge in [0.15, 0.2) is 5.43 Å². The fourth-order valence-corrected chi connectivity index (χ4v) is 4.95. The molecule has 1 unspecified atom stereocenters. The smallest absolute Gasteiger partial charge is 0.341 e. The van der Waals surface area contributed by atoms with E-state index in [4.69, 9.17) is 9.84 Å². The lowest BCUT2D eigenvalue weighted by atomic mass is 9.82. The maximum Gasteiger partial charge on any atom is 0.341 e. The van der Waals surface area contributed by atoms with Crippen molar-refractivity contribution in [2.75, 3.05) is 13.2 Å². The number of aryl methyl sites for hydroxylation is 1. The first-order valence-corrected chi connectivity index (χ1v) is 12.1. The van der Waals surface area contributed by atoms with Gasteiger partial charge in [-0.15, -0.1) is 0 Å². The highest BCUT2D eigenvalue weighted by molar-refractivity contribution is 5.95. The summed E-state index contributed by atoms with van der Waals surface area (Å²) in [5.74, 6) is -1.20. The average Bonchev–Trinajstić information content (AvgIpc) is 3.15. The molecule has 2 aliphatic rings. The molecule has 1 saturated heterocycles. The second-order valence-corrected chi connectivity index (χ2v) is 10.7. The molecule has 0 aliphatic carbocycles. The van der Waals surface area contributed by atoms with Crippen molar-refractivity contribution in [1.82, 2.24) is 14.3 Å². The zero-order chi connectivity index (χ0) is 24.8. The molecule has 0 radical (unpaired) electrons. The van der Waals surface area contributed by atoms with Gasteiger partial charge in [-0.1, -0.05) is 59.7 Å². The highest BCUT2D eigenvalue weighted by Gasteiger charge is 2.36. The van der Waals surface area contributed by atoms with Crippen LogP contribution >= 0.6 is 0 Å². The van der Waals surface area contributed by atoms with E-state index in [9.17, 15) is 14.7 Å². The van der Waals surface area contributed by atoms with Gasteiger partial charge in [-0.2, -0.15) is 5.10 Å². The van der Waals surface area contributed by atoms with E-state index in [1.54, 1.807) is 0 Å². The number of carboxylic acid groups (broad SMARTS) is 1. The molecule has 1 atom stereocenters. The Morgan fingerprint density at radius 2 is 1.97 bits per heavy atom. The lowest BCUT2D eigenvalue weighted by Crippen LogP contribution is -2.39. The molecule has 3 aromatic rings. The molecule has 2 aliphatic heterocycles. The predicted octanol–water partition coefficient (Wildman–Crippen LogP) is 5.16. The van der Waals surface area contributed by atoms with E-state index in [-0.39, 0.29) is 22.4 Å². The molecular weight excluding hydrogens is 430 g/mol. The van der Waals surface area contributed by atoms with E-state index in [1.165, 1.54) is 17.8 Å². The minimum absolute atomic E-state index is 0.0347. The molecule has 2 aromatic heterocycles. The van der Waals surface area contributed by atoms with E-state index in [2.05, 4.69) is 33.8 Å². The van der Waals surface area contributed by atoms with Crippen LogP contribution in [0.15, 0.2) is 35.3 Å². The van der Waals surface area contributed by atoms with Gasteiger partial charge in [0.05, 0.1) is 42.7 Å². The topological polar surface area (TPSA) is 86.4 Å².